The summed E-state index contributed by atoms with van der Waals surface area (Å²) >= 11 is 0. The van der Waals surface area contributed by atoms with E-state index in [0.29, 0.717) is 5.69 Å². The number of fused-ring (bicyclic) bond motifs is 1. The zero-order valence-electron chi connectivity index (χ0n) is 11.2. The van der Waals surface area contributed by atoms with Crippen LogP contribution in [-0.4, -0.2) is 38.8 Å². The molecule has 106 valence electrons. The van der Waals surface area contributed by atoms with E-state index < -0.39 is 30.7 Å². The third kappa shape index (κ3) is 3.42. The van der Waals surface area contributed by atoms with E-state index in [-0.39, 0.29) is 6.54 Å². The number of hydrogen-bond acceptors (Lipinski definition) is 3. The number of ether oxygens (including phenoxy) is 1. The van der Waals surface area contributed by atoms with Crippen molar-refractivity contribution in [3.05, 3.63) is 18.0 Å². The summed E-state index contributed by atoms with van der Waals surface area (Å²) in [5.41, 5.74) is -0.137. The first-order chi connectivity index (χ1) is 8.66. The highest BCUT2D eigenvalue weighted by Gasteiger charge is 2.39. The molecule has 0 spiro atoms. The molecule has 0 saturated heterocycles. The molecule has 1 amide bonds. The highest BCUT2D eigenvalue weighted by atomic mass is 19.3. The van der Waals surface area contributed by atoms with Gasteiger partial charge in [0.05, 0.1) is 18.8 Å². The van der Waals surface area contributed by atoms with Crippen LogP contribution in [0, 0.1) is 0 Å². The Balaban J connectivity index is 2.20. The third-order valence-electron chi connectivity index (χ3n) is 2.61. The third-order valence-corrected chi connectivity index (χ3v) is 2.61. The molecule has 5 nitrogen and oxygen atoms in total. The van der Waals surface area contributed by atoms with Crippen LogP contribution in [0.15, 0.2) is 12.3 Å². The Labute approximate surface area is 110 Å². The average molecular weight is 273 g/mol. The summed E-state index contributed by atoms with van der Waals surface area (Å²) in [5.74, 6) is -3.02. The van der Waals surface area contributed by atoms with Gasteiger partial charge in [-0.25, -0.2) is 13.6 Å². The molecule has 1 aromatic rings. The van der Waals surface area contributed by atoms with Crippen molar-refractivity contribution < 1.29 is 18.3 Å². The van der Waals surface area contributed by atoms with Crippen molar-refractivity contribution in [1.82, 2.24) is 14.7 Å². The lowest BCUT2D eigenvalue weighted by Crippen LogP contribution is -2.42. The minimum atomic E-state index is -3.02. The first kappa shape index (κ1) is 13.8. The lowest BCUT2D eigenvalue weighted by molar-refractivity contribution is -0.0491. The molecule has 7 heteroatoms. The van der Waals surface area contributed by atoms with Crippen LogP contribution in [0.3, 0.4) is 0 Å². The summed E-state index contributed by atoms with van der Waals surface area (Å²) < 4.78 is 33.9. The molecule has 0 aromatic carbocycles. The predicted octanol–water partition coefficient (Wildman–Crippen LogP) is 2.27. The van der Waals surface area contributed by atoms with Gasteiger partial charge in [-0.15, -0.1) is 0 Å². The Morgan fingerprint density at radius 1 is 1.42 bits per heavy atom. The molecule has 2 heterocycles. The molecule has 1 aliphatic rings. The molecule has 0 fully saturated rings. The van der Waals surface area contributed by atoms with Crippen molar-refractivity contribution in [1.29, 1.82) is 0 Å². The minimum absolute atomic E-state index is 0.0739. The van der Waals surface area contributed by atoms with Gasteiger partial charge in [-0.2, -0.15) is 5.10 Å². The molecule has 1 aromatic heterocycles. The molecule has 0 unspecified atom stereocenters. The van der Waals surface area contributed by atoms with Gasteiger partial charge >= 0.3 is 6.09 Å². The van der Waals surface area contributed by atoms with E-state index in [1.165, 1.54) is 10.9 Å². The van der Waals surface area contributed by atoms with Gasteiger partial charge in [0.1, 0.15) is 12.1 Å². The summed E-state index contributed by atoms with van der Waals surface area (Å²) in [7, 11) is 0. The van der Waals surface area contributed by atoms with Crippen LogP contribution in [0.1, 0.15) is 26.5 Å². The highest BCUT2D eigenvalue weighted by Crippen LogP contribution is 2.25. The number of nitrogens with zero attached hydrogens (tertiary/aromatic N) is 3. The van der Waals surface area contributed by atoms with Crippen LogP contribution < -0.4 is 0 Å². The molecule has 0 bridgehead atoms. The maximum atomic E-state index is 13.8. The summed E-state index contributed by atoms with van der Waals surface area (Å²) in [6.07, 6.45) is 0.714. The van der Waals surface area contributed by atoms with Gasteiger partial charge in [0.2, 0.25) is 0 Å². The smallest absolute Gasteiger partial charge is 0.410 e. The summed E-state index contributed by atoms with van der Waals surface area (Å²) in [5, 5.41) is 3.84. The van der Waals surface area contributed by atoms with Crippen molar-refractivity contribution in [2.45, 2.75) is 45.4 Å². The standard InChI is InChI=1S/C12H17F2N3O2/c1-11(2,3)19-10(18)16-6-9-4-5-15-17(9)8-12(13,14)7-16/h4-5H,6-8H2,1-3H3. The van der Waals surface area contributed by atoms with Crippen molar-refractivity contribution in [3.8, 4) is 0 Å². The molecule has 0 N–H and O–H groups in total. The number of amides is 1. The number of alkyl halides is 2. The van der Waals surface area contributed by atoms with Crippen LogP contribution >= 0.6 is 0 Å². The van der Waals surface area contributed by atoms with E-state index in [9.17, 15) is 13.6 Å². The largest absolute Gasteiger partial charge is 0.444 e. The van der Waals surface area contributed by atoms with Gasteiger partial charge in [0.25, 0.3) is 5.92 Å². The second-order valence-electron chi connectivity index (χ2n) is 5.67. The first-order valence-corrected chi connectivity index (χ1v) is 6.03. The van der Waals surface area contributed by atoms with Crippen LogP contribution in [0.2, 0.25) is 0 Å². The fourth-order valence-electron chi connectivity index (χ4n) is 1.89. The quantitative estimate of drug-likeness (QED) is 0.728. The molecular formula is C12H17F2N3O2. The van der Waals surface area contributed by atoms with E-state index in [1.807, 2.05) is 0 Å². The van der Waals surface area contributed by atoms with E-state index in [4.69, 9.17) is 4.74 Å². The topological polar surface area (TPSA) is 47.4 Å². The van der Waals surface area contributed by atoms with Gasteiger partial charge in [-0.3, -0.25) is 9.58 Å². The number of hydrogen-bond donors (Lipinski definition) is 0. The fourth-order valence-corrected chi connectivity index (χ4v) is 1.89. The van der Waals surface area contributed by atoms with Crippen LogP contribution in [0.5, 0.6) is 0 Å². The predicted molar refractivity (Wildman–Crippen MR) is 63.8 cm³/mol. The number of halogens is 2. The van der Waals surface area contributed by atoms with Gasteiger partial charge in [0, 0.05) is 6.20 Å². The number of rotatable bonds is 0. The summed E-state index contributed by atoms with van der Waals surface area (Å²) in [6, 6.07) is 1.62. The second kappa shape index (κ2) is 4.47. The van der Waals surface area contributed by atoms with E-state index in [1.54, 1.807) is 26.8 Å². The molecule has 1 aliphatic heterocycles. The zero-order chi connectivity index (χ0) is 14.3. The first-order valence-electron chi connectivity index (χ1n) is 6.03. The zero-order valence-corrected chi connectivity index (χ0v) is 11.2. The van der Waals surface area contributed by atoms with Gasteiger partial charge < -0.3 is 4.74 Å². The highest BCUT2D eigenvalue weighted by molar-refractivity contribution is 5.68. The Hall–Kier alpha value is -1.66. The maximum absolute atomic E-state index is 13.8. The average Bonchev–Trinajstić information content (AvgIpc) is 2.55. The molecule has 19 heavy (non-hydrogen) atoms. The van der Waals surface area contributed by atoms with Crippen molar-refractivity contribution in [2.75, 3.05) is 6.54 Å². The lowest BCUT2D eigenvalue weighted by Gasteiger charge is -2.27. The Morgan fingerprint density at radius 2 is 2.11 bits per heavy atom. The second-order valence-corrected chi connectivity index (χ2v) is 5.67. The van der Waals surface area contributed by atoms with Crippen LogP contribution in [0.25, 0.3) is 0 Å². The fraction of sp³-hybridized carbons (Fsp3) is 0.667. The van der Waals surface area contributed by atoms with E-state index in [0.717, 1.165) is 4.90 Å². The van der Waals surface area contributed by atoms with Crippen LogP contribution in [0.4, 0.5) is 13.6 Å². The normalized spacial score (nSPS) is 18.7. The monoisotopic (exact) mass is 273 g/mol. The minimum Gasteiger partial charge on any atom is -0.444 e. The molecule has 2 rings (SSSR count). The lowest BCUT2D eigenvalue weighted by atomic mass is 10.2. The summed E-state index contributed by atoms with van der Waals surface area (Å²) in [4.78, 5) is 12.9. The Kier molecular flexibility index (Phi) is 3.24. The molecule has 0 atom stereocenters. The molecule has 0 saturated carbocycles. The number of aromatic nitrogens is 2. The summed E-state index contributed by atoms with van der Waals surface area (Å²) in [6.45, 7) is 3.99. The van der Waals surface area contributed by atoms with E-state index in [2.05, 4.69) is 5.10 Å². The molecular weight excluding hydrogens is 256 g/mol. The Morgan fingerprint density at radius 3 is 2.74 bits per heavy atom. The van der Waals surface area contributed by atoms with Gasteiger partial charge in [0.15, 0.2) is 0 Å². The number of carbonyl (C=O) groups excluding carboxylic acids is 1. The Bertz CT molecular complexity index is 480. The van der Waals surface area contributed by atoms with Crippen molar-refractivity contribution >= 4 is 6.09 Å². The number of carbonyl (C=O) groups is 1. The van der Waals surface area contributed by atoms with Crippen LogP contribution in [-0.2, 0) is 17.8 Å². The molecule has 0 aliphatic carbocycles. The van der Waals surface area contributed by atoms with Crippen molar-refractivity contribution in [2.24, 2.45) is 0 Å². The SMILES string of the molecule is CC(C)(C)OC(=O)N1Cc2ccnn2CC(F)(F)C1. The van der Waals surface area contributed by atoms with Crippen molar-refractivity contribution in [3.63, 3.8) is 0 Å². The maximum Gasteiger partial charge on any atom is 0.410 e. The van der Waals surface area contributed by atoms with Gasteiger partial charge in [-0.05, 0) is 26.8 Å². The van der Waals surface area contributed by atoms with Gasteiger partial charge in [-0.1, -0.05) is 0 Å². The van der Waals surface area contributed by atoms with E-state index >= 15 is 0 Å². The molecule has 0 radical (unpaired) electrons.